The van der Waals surface area contributed by atoms with Crippen LogP contribution in [0.25, 0.3) is 16.0 Å². The number of hydrogen-bond donors (Lipinski definition) is 0. The summed E-state index contributed by atoms with van der Waals surface area (Å²) in [5.41, 5.74) is 1.13. The fourth-order valence-corrected chi connectivity index (χ4v) is 6.22. The van der Waals surface area contributed by atoms with Crippen molar-refractivity contribution in [2.45, 2.75) is 50.2 Å². The maximum absolute atomic E-state index is 13.7. The van der Waals surface area contributed by atoms with Gasteiger partial charge >= 0.3 is 5.97 Å². The van der Waals surface area contributed by atoms with Crippen LogP contribution in [-0.2, 0) is 9.53 Å². The average Bonchev–Trinajstić information content (AvgIpc) is 3.14. The Labute approximate surface area is 199 Å². The second kappa shape index (κ2) is 10.2. The van der Waals surface area contributed by atoms with Crippen LogP contribution in [0.1, 0.15) is 45.1 Å². The van der Waals surface area contributed by atoms with E-state index in [0.29, 0.717) is 31.8 Å². The van der Waals surface area contributed by atoms with E-state index in [2.05, 4.69) is 0 Å². The quantitative estimate of drug-likeness (QED) is 0.196. The van der Waals surface area contributed by atoms with E-state index >= 15 is 0 Å². The topological polar surface area (TPSA) is 75.3 Å². The van der Waals surface area contributed by atoms with Crippen molar-refractivity contribution in [3.63, 3.8) is 0 Å². The molecular formula is C22H25N3O4S3. The molecule has 1 fully saturated rings. The Hall–Kier alpha value is -2.17. The molecule has 4 rings (SSSR count). The number of aromatic nitrogens is 3. The van der Waals surface area contributed by atoms with Crippen LogP contribution in [0.2, 0.25) is 0 Å². The van der Waals surface area contributed by atoms with Crippen molar-refractivity contribution in [3.8, 4) is 11.4 Å². The van der Waals surface area contributed by atoms with Crippen molar-refractivity contribution in [1.29, 1.82) is 0 Å². The van der Waals surface area contributed by atoms with Gasteiger partial charge in [-0.2, -0.15) is 0 Å². The number of nitrogens with zero attached hydrogens (tertiary/aromatic N) is 3. The first-order valence-electron chi connectivity index (χ1n) is 10.6. The molecule has 0 radical (unpaired) electrons. The van der Waals surface area contributed by atoms with Gasteiger partial charge in [0.15, 0.2) is 14.8 Å². The minimum Gasteiger partial charge on any atom is -0.495 e. The summed E-state index contributed by atoms with van der Waals surface area (Å²) in [5.74, 6) is 0.411. The van der Waals surface area contributed by atoms with Crippen LogP contribution in [0, 0.1) is 3.95 Å². The molecule has 0 N–H and O–H groups in total. The molecule has 0 aliphatic heterocycles. The van der Waals surface area contributed by atoms with Crippen molar-refractivity contribution in [2.24, 2.45) is 0 Å². The molecule has 0 amide bonds. The van der Waals surface area contributed by atoms with Gasteiger partial charge in [0, 0.05) is 6.04 Å². The number of thiazole rings is 1. The normalized spacial score (nSPS) is 14.6. The lowest BCUT2D eigenvalue weighted by Gasteiger charge is -2.25. The van der Waals surface area contributed by atoms with Gasteiger partial charge in [0.05, 0.1) is 25.2 Å². The highest BCUT2D eigenvalue weighted by atomic mass is 32.2. The van der Waals surface area contributed by atoms with Gasteiger partial charge in [0.25, 0.3) is 5.56 Å². The molecule has 10 heteroatoms. The molecule has 2 aromatic heterocycles. The van der Waals surface area contributed by atoms with Crippen molar-refractivity contribution < 1.29 is 14.3 Å². The van der Waals surface area contributed by atoms with E-state index in [-0.39, 0.29) is 23.3 Å². The van der Waals surface area contributed by atoms with Crippen LogP contribution in [0.4, 0.5) is 0 Å². The third kappa shape index (κ3) is 4.49. The molecule has 0 bridgehead atoms. The molecule has 1 aliphatic rings. The Morgan fingerprint density at radius 1 is 1.28 bits per heavy atom. The molecule has 3 aromatic rings. The highest BCUT2D eigenvalue weighted by molar-refractivity contribution is 7.99. The first-order chi connectivity index (χ1) is 15.5. The number of methoxy groups -OCH3 is 1. The molecular weight excluding hydrogens is 466 g/mol. The number of thioether (sulfide) groups is 1. The highest BCUT2D eigenvalue weighted by Gasteiger charge is 2.25. The molecule has 0 saturated heterocycles. The molecule has 1 aromatic carbocycles. The number of carbonyl (C=O) groups excluding carboxylic acids is 1. The summed E-state index contributed by atoms with van der Waals surface area (Å²) in [6, 6.07) is 7.59. The van der Waals surface area contributed by atoms with Crippen LogP contribution in [0.5, 0.6) is 5.75 Å². The molecule has 1 aliphatic carbocycles. The van der Waals surface area contributed by atoms with E-state index < -0.39 is 0 Å². The minimum atomic E-state index is -0.325. The van der Waals surface area contributed by atoms with Crippen LogP contribution in [0.3, 0.4) is 0 Å². The summed E-state index contributed by atoms with van der Waals surface area (Å²) in [4.78, 5) is 30.6. The smallest absolute Gasteiger partial charge is 0.316 e. The number of fused-ring (bicyclic) bond motifs is 1. The van der Waals surface area contributed by atoms with Gasteiger partial charge < -0.3 is 9.47 Å². The van der Waals surface area contributed by atoms with Gasteiger partial charge in [0.2, 0.25) is 0 Å². The van der Waals surface area contributed by atoms with E-state index in [0.717, 1.165) is 31.4 Å². The average molecular weight is 492 g/mol. The lowest BCUT2D eigenvalue weighted by atomic mass is 9.95. The predicted octanol–water partition coefficient (Wildman–Crippen LogP) is 5.15. The Balaban J connectivity index is 1.90. The molecule has 0 spiro atoms. The maximum atomic E-state index is 13.7. The maximum Gasteiger partial charge on any atom is 0.316 e. The molecule has 2 heterocycles. The summed E-state index contributed by atoms with van der Waals surface area (Å²) >= 11 is 8.15. The number of carbonyl (C=O) groups is 1. The summed E-state index contributed by atoms with van der Waals surface area (Å²) in [6.07, 6.45) is 5.19. The second-order valence-corrected chi connectivity index (χ2v) is 10.1. The highest BCUT2D eigenvalue weighted by Crippen LogP contribution is 2.34. The largest absolute Gasteiger partial charge is 0.495 e. The van der Waals surface area contributed by atoms with Gasteiger partial charge in [-0.25, -0.2) is 4.98 Å². The zero-order chi connectivity index (χ0) is 22.7. The molecule has 7 nitrogen and oxygen atoms in total. The first kappa shape index (κ1) is 23.0. The predicted molar refractivity (Wildman–Crippen MR) is 130 cm³/mol. The Morgan fingerprint density at radius 3 is 2.75 bits per heavy atom. The Morgan fingerprint density at radius 2 is 2.03 bits per heavy atom. The van der Waals surface area contributed by atoms with Crippen molar-refractivity contribution in [2.75, 3.05) is 19.5 Å². The Bertz CT molecular complexity index is 1240. The standard InChI is InChI=1S/C22H25N3O4S3/c1-3-29-17(26)13-31-21-23-19-18(20(27)24(21)14-9-5-4-6-10-14)32-22(30)25(19)15-11-7-8-12-16(15)28-2/h7-8,11-12,14H,3-6,9-10,13H2,1-2H3. The number of para-hydroxylation sites is 2. The zero-order valence-corrected chi connectivity index (χ0v) is 20.5. The number of rotatable bonds is 7. The summed E-state index contributed by atoms with van der Waals surface area (Å²) in [6.45, 7) is 2.09. The van der Waals surface area contributed by atoms with E-state index in [1.165, 1.54) is 29.5 Å². The van der Waals surface area contributed by atoms with E-state index in [9.17, 15) is 9.59 Å². The third-order valence-electron chi connectivity index (χ3n) is 5.50. The van der Waals surface area contributed by atoms with Crippen LogP contribution in [0.15, 0.2) is 34.2 Å². The van der Waals surface area contributed by atoms with Crippen molar-refractivity contribution in [3.05, 3.63) is 38.6 Å². The number of hydrogen-bond acceptors (Lipinski definition) is 8. The van der Waals surface area contributed by atoms with Crippen LogP contribution >= 0.6 is 35.3 Å². The van der Waals surface area contributed by atoms with Crippen LogP contribution < -0.4 is 10.3 Å². The van der Waals surface area contributed by atoms with Gasteiger partial charge in [-0.05, 0) is 44.1 Å². The van der Waals surface area contributed by atoms with Gasteiger partial charge in [0.1, 0.15) is 10.4 Å². The first-order valence-corrected chi connectivity index (χ1v) is 12.9. The molecule has 170 valence electrons. The van der Waals surface area contributed by atoms with E-state index in [1.54, 1.807) is 23.2 Å². The number of esters is 1. The minimum absolute atomic E-state index is 0.0771. The molecule has 32 heavy (non-hydrogen) atoms. The SMILES string of the molecule is CCOC(=O)CSc1nc2c(sc(=S)n2-c2ccccc2OC)c(=O)n1C1CCCCC1. The second-order valence-electron chi connectivity index (χ2n) is 7.48. The number of ether oxygens (including phenoxy) is 2. The molecule has 0 unspecified atom stereocenters. The Kier molecular flexibility index (Phi) is 7.32. The molecule has 1 saturated carbocycles. The lowest BCUT2D eigenvalue weighted by molar-refractivity contribution is -0.139. The van der Waals surface area contributed by atoms with E-state index in [1.807, 2.05) is 24.3 Å². The fourth-order valence-electron chi connectivity index (χ4n) is 4.06. The number of benzene rings is 1. The summed E-state index contributed by atoms with van der Waals surface area (Å²) in [7, 11) is 1.60. The zero-order valence-electron chi connectivity index (χ0n) is 18.0. The van der Waals surface area contributed by atoms with Crippen molar-refractivity contribution >= 4 is 51.6 Å². The monoisotopic (exact) mass is 491 g/mol. The summed E-state index contributed by atoms with van der Waals surface area (Å²) in [5, 5.41) is 0.527. The van der Waals surface area contributed by atoms with E-state index in [4.69, 9.17) is 26.7 Å². The van der Waals surface area contributed by atoms with Gasteiger partial charge in [-0.1, -0.05) is 54.5 Å². The van der Waals surface area contributed by atoms with Crippen molar-refractivity contribution in [1.82, 2.24) is 14.1 Å². The molecule has 0 atom stereocenters. The summed E-state index contributed by atoms with van der Waals surface area (Å²) < 4.78 is 15.2. The van der Waals surface area contributed by atoms with Gasteiger partial charge in [-0.15, -0.1) is 0 Å². The van der Waals surface area contributed by atoms with Crippen LogP contribution in [-0.4, -0.2) is 39.6 Å². The fraction of sp³-hybridized carbons (Fsp3) is 0.455. The third-order valence-corrected chi connectivity index (χ3v) is 7.78. The van der Waals surface area contributed by atoms with Gasteiger partial charge in [-0.3, -0.25) is 18.7 Å². The lowest BCUT2D eigenvalue weighted by Crippen LogP contribution is -2.29.